The molecule has 0 bridgehead atoms. The quantitative estimate of drug-likeness (QED) is 0.526. The molecule has 0 atom stereocenters. The third kappa shape index (κ3) is 2.83. The van der Waals surface area contributed by atoms with Gasteiger partial charge in [-0.25, -0.2) is 0 Å². The summed E-state index contributed by atoms with van der Waals surface area (Å²) >= 11 is 0. The normalized spacial score (nSPS) is 10.4. The standard InChI is InChI=1S/C13H14N4O4/c1-8(18)11-4-9(6-15(11)2)14-13(19)12-5-10(17(20)21)7-16(12)3/h4-7H,1-3H3,(H,14,19). The number of carbonyl (C=O) groups excluding carboxylic acids is 2. The fourth-order valence-electron chi connectivity index (χ4n) is 2.05. The number of nitrogens with zero attached hydrogens (tertiary/aromatic N) is 3. The highest BCUT2D eigenvalue weighted by Crippen LogP contribution is 2.18. The highest BCUT2D eigenvalue weighted by molar-refractivity contribution is 6.04. The van der Waals surface area contributed by atoms with Crippen LogP contribution < -0.4 is 5.32 Å². The van der Waals surface area contributed by atoms with Crippen molar-refractivity contribution >= 4 is 23.1 Å². The first kappa shape index (κ1) is 14.5. The minimum Gasteiger partial charge on any atom is -0.346 e. The molecule has 0 aromatic carbocycles. The van der Waals surface area contributed by atoms with Crippen LogP contribution in [0.5, 0.6) is 0 Å². The van der Waals surface area contributed by atoms with Gasteiger partial charge in [-0.1, -0.05) is 0 Å². The monoisotopic (exact) mass is 290 g/mol. The highest BCUT2D eigenvalue weighted by Gasteiger charge is 2.18. The van der Waals surface area contributed by atoms with E-state index in [9.17, 15) is 19.7 Å². The van der Waals surface area contributed by atoms with Crippen molar-refractivity contribution < 1.29 is 14.5 Å². The Morgan fingerprint density at radius 1 is 1.14 bits per heavy atom. The first-order valence-corrected chi connectivity index (χ1v) is 6.09. The van der Waals surface area contributed by atoms with Crippen LogP contribution in [-0.2, 0) is 14.1 Å². The number of rotatable bonds is 4. The number of hydrogen-bond donors (Lipinski definition) is 1. The number of Topliss-reactive ketones (excluding diaryl/α,β-unsaturated/α-hetero) is 1. The lowest BCUT2D eigenvalue weighted by molar-refractivity contribution is -0.384. The third-order valence-electron chi connectivity index (χ3n) is 3.06. The van der Waals surface area contributed by atoms with Crippen LogP contribution in [0.2, 0.25) is 0 Å². The Bertz CT molecular complexity index is 741. The van der Waals surface area contributed by atoms with Crippen LogP contribution in [0.1, 0.15) is 27.9 Å². The first-order valence-electron chi connectivity index (χ1n) is 6.09. The zero-order valence-electron chi connectivity index (χ0n) is 11.8. The zero-order chi connectivity index (χ0) is 15.7. The van der Waals surface area contributed by atoms with Crippen LogP contribution in [0.3, 0.4) is 0 Å². The first-order chi connectivity index (χ1) is 9.79. The van der Waals surface area contributed by atoms with Gasteiger partial charge >= 0.3 is 0 Å². The molecule has 2 heterocycles. The molecule has 0 unspecified atom stereocenters. The number of anilines is 1. The van der Waals surface area contributed by atoms with E-state index in [4.69, 9.17) is 0 Å². The minimum absolute atomic E-state index is 0.118. The summed E-state index contributed by atoms with van der Waals surface area (Å²) < 4.78 is 2.98. The van der Waals surface area contributed by atoms with Crippen molar-refractivity contribution in [3.8, 4) is 0 Å². The maximum atomic E-state index is 12.1. The van der Waals surface area contributed by atoms with E-state index < -0.39 is 10.8 Å². The Kier molecular flexibility index (Phi) is 3.62. The van der Waals surface area contributed by atoms with Crippen LogP contribution in [0.4, 0.5) is 11.4 Å². The van der Waals surface area contributed by atoms with E-state index in [1.807, 2.05) is 0 Å². The summed E-state index contributed by atoms with van der Waals surface area (Å²) in [4.78, 5) is 33.6. The average Bonchev–Trinajstić information content (AvgIpc) is 2.92. The van der Waals surface area contributed by atoms with Crippen molar-refractivity contribution in [2.24, 2.45) is 14.1 Å². The number of carbonyl (C=O) groups is 2. The number of ketones is 1. The lowest BCUT2D eigenvalue weighted by Gasteiger charge is -2.02. The molecule has 0 fully saturated rings. The fraction of sp³-hybridized carbons (Fsp3) is 0.231. The highest BCUT2D eigenvalue weighted by atomic mass is 16.6. The molecule has 1 N–H and O–H groups in total. The molecule has 2 aromatic rings. The molecule has 8 nitrogen and oxygen atoms in total. The van der Waals surface area contributed by atoms with E-state index in [1.165, 1.54) is 23.8 Å². The predicted molar refractivity (Wildman–Crippen MR) is 75.4 cm³/mol. The maximum absolute atomic E-state index is 12.1. The summed E-state index contributed by atoms with van der Waals surface area (Å²) in [5, 5.41) is 13.3. The van der Waals surface area contributed by atoms with Crippen molar-refractivity contribution in [3.05, 3.63) is 46.0 Å². The van der Waals surface area contributed by atoms with Crippen molar-refractivity contribution in [1.29, 1.82) is 0 Å². The number of hydrogen-bond acceptors (Lipinski definition) is 4. The average molecular weight is 290 g/mol. The fourth-order valence-corrected chi connectivity index (χ4v) is 2.05. The smallest absolute Gasteiger partial charge is 0.287 e. The Morgan fingerprint density at radius 3 is 2.24 bits per heavy atom. The molecule has 0 aliphatic carbocycles. The molecule has 0 saturated carbocycles. The molecule has 0 aliphatic heterocycles. The number of nitrogens with one attached hydrogen (secondary N) is 1. The minimum atomic E-state index is -0.562. The van der Waals surface area contributed by atoms with Crippen molar-refractivity contribution in [1.82, 2.24) is 9.13 Å². The molecule has 0 aliphatic rings. The zero-order valence-corrected chi connectivity index (χ0v) is 11.8. The molecule has 8 heteroatoms. The van der Waals surface area contributed by atoms with E-state index in [2.05, 4.69) is 5.32 Å². The van der Waals surface area contributed by atoms with Crippen LogP contribution in [0.25, 0.3) is 0 Å². The second kappa shape index (κ2) is 5.23. The van der Waals surface area contributed by atoms with Crippen LogP contribution in [0.15, 0.2) is 24.5 Å². The Morgan fingerprint density at radius 2 is 1.76 bits per heavy atom. The second-order valence-corrected chi connectivity index (χ2v) is 4.69. The lowest BCUT2D eigenvalue weighted by atomic mass is 10.3. The molecular formula is C13H14N4O4. The van der Waals surface area contributed by atoms with E-state index in [-0.39, 0.29) is 17.2 Å². The Hall–Kier alpha value is -2.90. The SMILES string of the molecule is CC(=O)c1cc(NC(=O)c2cc([N+](=O)[O-])cn2C)cn1C. The van der Waals surface area contributed by atoms with Gasteiger partial charge in [-0.15, -0.1) is 0 Å². The van der Waals surface area contributed by atoms with Crippen LogP contribution >= 0.6 is 0 Å². The molecular weight excluding hydrogens is 276 g/mol. The van der Waals surface area contributed by atoms with Gasteiger partial charge in [0.05, 0.1) is 22.5 Å². The van der Waals surface area contributed by atoms with Crippen LogP contribution in [-0.4, -0.2) is 25.7 Å². The summed E-state index contributed by atoms with van der Waals surface area (Å²) in [5.41, 5.74) is 0.926. The van der Waals surface area contributed by atoms with Gasteiger partial charge in [-0.2, -0.15) is 0 Å². The van der Waals surface area contributed by atoms with Gasteiger partial charge in [0, 0.05) is 33.3 Å². The van der Waals surface area contributed by atoms with Gasteiger partial charge in [0.25, 0.3) is 11.6 Å². The lowest BCUT2D eigenvalue weighted by Crippen LogP contribution is -2.14. The summed E-state index contributed by atoms with van der Waals surface area (Å²) in [7, 11) is 3.24. The summed E-state index contributed by atoms with van der Waals surface area (Å²) in [6, 6.07) is 2.75. The summed E-state index contributed by atoms with van der Waals surface area (Å²) in [6.07, 6.45) is 2.87. The molecule has 0 radical (unpaired) electrons. The van der Waals surface area contributed by atoms with Gasteiger partial charge < -0.3 is 14.5 Å². The van der Waals surface area contributed by atoms with Crippen molar-refractivity contribution in [2.45, 2.75) is 6.92 Å². The van der Waals surface area contributed by atoms with Crippen molar-refractivity contribution in [2.75, 3.05) is 5.32 Å². The molecule has 0 spiro atoms. The Labute approximate surface area is 120 Å². The summed E-state index contributed by atoms with van der Waals surface area (Å²) in [6.45, 7) is 1.43. The van der Waals surface area contributed by atoms with E-state index in [0.29, 0.717) is 11.4 Å². The van der Waals surface area contributed by atoms with Gasteiger partial charge in [0.1, 0.15) is 5.69 Å². The molecule has 2 rings (SSSR count). The number of aromatic nitrogens is 2. The topological polar surface area (TPSA) is 99.2 Å². The third-order valence-corrected chi connectivity index (χ3v) is 3.06. The second-order valence-electron chi connectivity index (χ2n) is 4.69. The maximum Gasteiger partial charge on any atom is 0.287 e. The van der Waals surface area contributed by atoms with Gasteiger partial charge in [0.15, 0.2) is 5.78 Å². The molecule has 1 amide bonds. The van der Waals surface area contributed by atoms with Gasteiger partial charge in [-0.3, -0.25) is 19.7 Å². The van der Waals surface area contributed by atoms with E-state index in [0.717, 1.165) is 0 Å². The predicted octanol–water partition coefficient (Wildman–Crippen LogP) is 1.73. The largest absolute Gasteiger partial charge is 0.346 e. The Balaban J connectivity index is 2.24. The molecule has 21 heavy (non-hydrogen) atoms. The number of aryl methyl sites for hydroxylation is 2. The number of amides is 1. The van der Waals surface area contributed by atoms with Gasteiger partial charge in [-0.05, 0) is 6.07 Å². The van der Waals surface area contributed by atoms with E-state index >= 15 is 0 Å². The van der Waals surface area contributed by atoms with E-state index in [1.54, 1.807) is 30.9 Å². The summed E-state index contributed by atoms with van der Waals surface area (Å²) in [5.74, 6) is -0.598. The molecule has 0 saturated heterocycles. The molecule has 2 aromatic heterocycles. The van der Waals surface area contributed by atoms with Crippen molar-refractivity contribution in [3.63, 3.8) is 0 Å². The van der Waals surface area contributed by atoms with Gasteiger partial charge in [0.2, 0.25) is 0 Å². The van der Waals surface area contributed by atoms with Crippen LogP contribution in [0, 0.1) is 10.1 Å². The number of nitro groups is 1. The molecule has 110 valence electrons.